The maximum Gasteiger partial charge on any atom is 0.193 e. The van der Waals surface area contributed by atoms with Crippen molar-refractivity contribution in [2.24, 2.45) is 0 Å². The van der Waals surface area contributed by atoms with E-state index in [1.54, 1.807) is 23.5 Å². The van der Waals surface area contributed by atoms with E-state index in [0.717, 1.165) is 10.7 Å². The highest BCUT2D eigenvalue weighted by atomic mass is 35.5. The largest absolute Gasteiger partial charge is 0.297 e. The Morgan fingerprint density at radius 1 is 1.47 bits per heavy atom. The summed E-state index contributed by atoms with van der Waals surface area (Å²) in [5.74, 6) is 0.0626. The maximum absolute atomic E-state index is 11.9. The van der Waals surface area contributed by atoms with E-state index in [1.807, 2.05) is 22.2 Å². The molecule has 3 rings (SSSR count). The number of rotatable bonds is 3. The summed E-state index contributed by atoms with van der Waals surface area (Å²) in [6.07, 6.45) is 4.15. The van der Waals surface area contributed by atoms with Crippen molar-refractivity contribution in [2.75, 3.05) is 0 Å². The molecule has 0 saturated carbocycles. The molecule has 0 aromatic carbocycles. The first kappa shape index (κ1) is 11.0. The fourth-order valence-corrected chi connectivity index (χ4v) is 3.28. The van der Waals surface area contributed by atoms with E-state index in [0.29, 0.717) is 15.6 Å². The van der Waals surface area contributed by atoms with Crippen LogP contribution in [0.1, 0.15) is 15.4 Å². The number of carbonyl (C=O) groups excluding carboxylic acids is 1. The number of halogens is 1. The first-order valence-electron chi connectivity index (χ1n) is 4.92. The van der Waals surface area contributed by atoms with E-state index < -0.39 is 0 Å². The smallest absolute Gasteiger partial charge is 0.193 e. The summed E-state index contributed by atoms with van der Waals surface area (Å²) < 4.78 is 2.56. The molecule has 0 amide bonds. The predicted octanol–water partition coefficient (Wildman–Crippen LogP) is 3.54. The predicted molar refractivity (Wildman–Crippen MR) is 70.4 cm³/mol. The normalized spacial score (nSPS) is 11.1. The van der Waals surface area contributed by atoms with Gasteiger partial charge in [-0.1, -0.05) is 11.6 Å². The number of hydrogen-bond donors (Lipinski definition) is 0. The molecule has 86 valence electrons. The molecular formula is C11H7ClN2OS2. The molecule has 0 atom stereocenters. The Morgan fingerprint density at radius 2 is 2.35 bits per heavy atom. The fourth-order valence-electron chi connectivity index (χ4n) is 1.58. The van der Waals surface area contributed by atoms with Crippen molar-refractivity contribution in [3.8, 4) is 0 Å². The van der Waals surface area contributed by atoms with Gasteiger partial charge in [0.05, 0.1) is 21.3 Å². The molecule has 0 spiro atoms. The number of Topliss-reactive ketones (excluding diaryl/α,β-unsaturated/α-hetero) is 1. The monoisotopic (exact) mass is 282 g/mol. The van der Waals surface area contributed by atoms with Crippen LogP contribution in [0.15, 0.2) is 29.9 Å². The number of fused-ring (bicyclic) bond motifs is 1. The standard InChI is InChI=1S/C11H7ClN2OS2/c12-10-2-1-9(17-10)8(15)5-7-6-14-3-4-16-11(14)13-7/h1-4,6H,5H2. The number of ketones is 1. The topological polar surface area (TPSA) is 34.4 Å². The zero-order chi connectivity index (χ0) is 11.8. The van der Waals surface area contributed by atoms with Gasteiger partial charge in [0.1, 0.15) is 0 Å². The molecule has 0 saturated heterocycles. The minimum Gasteiger partial charge on any atom is -0.297 e. The second-order valence-corrected chi connectivity index (χ2v) is 6.12. The zero-order valence-electron chi connectivity index (χ0n) is 8.59. The number of aromatic nitrogens is 2. The minimum absolute atomic E-state index is 0.0626. The molecule has 17 heavy (non-hydrogen) atoms. The molecular weight excluding hydrogens is 276 g/mol. The Labute approximate surface area is 110 Å². The third-order valence-corrected chi connectivity index (χ3v) is 4.38. The lowest BCUT2D eigenvalue weighted by atomic mass is 10.2. The van der Waals surface area contributed by atoms with Gasteiger partial charge in [0.25, 0.3) is 0 Å². The van der Waals surface area contributed by atoms with E-state index in [1.165, 1.54) is 11.3 Å². The van der Waals surface area contributed by atoms with Crippen molar-refractivity contribution in [3.63, 3.8) is 0 Å². The number of thiophene rings is 1. The van der Waals surface area contributed by atoms with Crippen molar-refractivity contribution >= 4 is 45.0 Å². The Bertz CT molecular complexity index is 654. The second kappa shape index (κ2) is 4.25. The van der Waals surface area contributed by atoms with E-state index >= 15 is 0 Å². The molecule has 0 aliphatic rings. The lowest BCUT2D eigenvalue weighted by Gasteiger charge is -1.92. The van der Waals surface area contributed by atoms with Gasteiger partial charge in [-0.2, -0.15) is 0 Å². The summed E-state index contributed by atoms with van der Waals surface area (Å²) in [4.78, 5) is 17.9. The average molecular weight is 283 g/mol. The van der Waals surface area contributed by atoms with E-state index in [4.69, 9.17) is 11.6 Å². The van der Waals surface area contributed by atoms with Crippen LogP contribution in [0.4, 0.5) is 0 Å². The molecule has 6 heteroatoms. The number of thiazole rings is 1. The molecule has 3 nitrogen and oxygen atoms in total. The highest BCUT2D eigenvalue weighted by Crippen LogP contribution is 2.23. The van der Waals surface area contributed by atoms with Gasteiger partial charge in [-0.15, -0.1) is 22.7 Å². The van der Waals surface area contributed by atoms with Crippen LogP contribution in [0, 0.1) is 0 Å². The summed E-state index contributed by atoms with van der Waals surface area (Å²) in [6, 6.07) is 3.50. The van der Waals surface area contributed by atoms with Gasteiger partial charge >= 0.3 is 0 Å². The Kier molecular flexibility index (Phi) is 2.74. The molecule has 0 radical (unpaired) electrons. The second-order valence-electron chi connectivity index (χ2n) is 3.53. The summed E-state index contributed by atoms with van der Waals surface area (Å²) in [7, 11) is 0. The van der Waals surface area contributed by atoms with Gasteiger partial charge < -0.3 is 0 Å². The van der Waals surface area contributed by atoms with Crippen LogP contribution in [0.5, 0.6) is 0 Å². The van der Waals surface area contributed by atoms with Crippen molar-refractivity contribution in [1.29, 1.82) is 0 Å². The molecule has 0 unspecified atom stereocenters. The molecule has 0 aliphatic carbocycles. The number of imidazole rings is 1. The SMILES string of the molecule is O=C(Cc1cn2ccsc2n1)c1ccc(Cl)s1. The summed E-state index contributed by atoms with van der Waals surface area (Å²) in [6.45, 7) is 0. The van der Waals surface area contributed by atoms with Gasteiger partial charge in [0, 0.05) is 17.8 Å². The molecule has 3 aromatic rings. The van der Waals surface area contributed by atoms with Gasteiger partial charge in [0.2, 0.25) is 0 Å². The number of carbonyl (C=O) groups is 1. The van der Waals surface area contributed by atoms with Crippen molar-refractivity contribution < 1.29 is 4.79 Å². The highest BCUT2D eigenvalue weighted by Gasteiger charge is 2.12. The molecule has 3 heterocycles. The number of hydrogen-bond acceptors (Lipinski definition) is 4. The van der Waals surface area contributed by atoms with Crippen LogP contribution in [0.2, 0.25) is 4.34 Å². The fraction of sp³-hybridized carbons (Fsp3) is 0.0909. The quantitative estimate of drug-likeness (QED) is 0.689. The van der Waals surface area contributed by atoms with Gasteiger partial charge in [-0.25, -0.2) is 4.98 Å². The maximum atomic E-state index is 11.9. The minimum atomic E-state index is 0.0626. The summed E-state index contributed by atoms with van der Waals surface area (Å²) in [5, 5.41) is 1.97. The first-order chi connectivity index (χ1) is 8.22. The highest BCUT2D eigenvalue weighted by molar-refractivity contribution is 7.18. The molecule has 0 bridgehead atoms. The summed E-state index contributed by atoms with van der Waals surface area (Å²) >= 11 is 8.67. The number of nitrogens with zero attached hydrogens (tertiary/aromatic N) is 2. The van der Waals surface area contributed by atoms with Crippen LogP contribution < -0.4 is 0 Å². The molecule has 0 fully saturated rings. The molecule has 0 N–H and O–H groups in total. The van der Waals surface area contributed by atoms with E-state index in [-0.39, 0.29) is 5.78 Å². The third kappa shape index (κ3) is 2.13. The Hall–Kier alpha value is -1.17. The van der Waals surface area contributed by atoms with Crippen LogP contribution in [-0.4, -0.2) is 15.2 Å². The Morgan fingerprint density at radius 3 is 3.06 bits per heavy atom. The molecule has 3 aromatic heterocycles. The van der Waals surface area contributed by atoms with Crippen LogP contribution in [0.3, 0.4) is 0 Å². The van der Waals surface area contributed by atoms with Crippen molar-refractivity contribution in [3.05, 3.63) is 44.8 Å². The third-order valence-electron chi connectivity index (χ3n) is 2.33. The molecule has 0 aliphatic heterocycles. The van der Waals surface area contributed by atoms with Crippen LogP contribution in [-0.2, 0) is 6.42 Å². The van der Waals surface area contributed by atoms with Gasteiger partial charge in [-0.3, -0.25) is 9.20 Å². The van der Waals surface area contributed by atoms with E-state index in [2.05, 4.69) is 4.98 Å². The Balaban J connectivity index is 1.83. The van der Waals surface area contributed by atoms with E-state index in [9.17, 15) is 4.79 Å². The van der Waals surface area contributed by atoms with Crippen molar-refractivity contribution in [1.82, 2.24) is 9.38 Å². The van der Waals surface area contributed by atoms with Crippen molar-refractivity contribution in [2.45, 2.75) is 6.42 Å². The van der Waals surface area contributed by atoms with Gasteiger partial charge in [-0.05, 0) is 12.1 Å². The van der Waals surface area contributed by atoms with Crippen LogP contribution in [0.25, 0.3) is 4.96 Å². The van der Waals surface area contributed by atoms with Crippen LogP contribution >= 0.6 is 34.3 Å². The average Bonchev–Trinajstić information content (AvgIpc) is 2.92. The summed E-state index contributed by atoms with van der Waals surface area (Å²) in [5.41, 5.74) is 0.798. The zero-order valence-corrected chi connectivity index (χ0v) is 11.0. The lowest BCUT2D eigenvalue weighted by molar-refractivity contribution is 0.0996. The van der Waals surface area contributed by atoms with Gasteiger partial charge in [0.15, 0.2) is 10.7 Å². The first-order valence-corrected chi connectivity index (χ1v) is 6.99. The lowest BCUT2D eigenvalue weighted by Crippen LogP contribution is -2.01.